The van der Waals surface area contributed by atoms with Gasteiger partial charge in [0.1, 0.15) is 11.3 Å². The van der Waals surface area contributed by atoms with Gasteiger partial charge in [-0.05, 0) is 43.0 Å². The van der Waals surface area contributed by atoms with E-state index in [1.54, 1.807) is 16.9 Å². The van der Waals surface area contributed by atoms with Crippen LogP contribution in [0.15, 0.2) is 42.7 Å². The first kappa shape index (κ1) is 16.6. The van der Waals surface area contributed by atoms with Crippen LogP contribution >= 0.6 is 0 Å². The average molecular weight is 384 g/mol. The highest BCUT2D eigenvalue weighted by atomic mass is 16.3. The first-order chi connectivity index (χ1) is 14.1. The summed E-state index contributed by atoms with van der Waals surface area (Å²) in [6, 6.07) is 7.43. The summed E-state index contributed by atoms with van der Waals surface area (Å²) in [5, 5.41) is 19.3. The van der Waals surface area contributed by atoms with Crippen molar-refractivity contribution < 1.29 is 5.11 Å². The molecule has 7 nitrogen and oxygen atoms in total. The number of nitrogens with zero attached hydrogens (tertiary/aromatic N) is 5. The van der Waals surface area contributed by atoms with E-state index in [1.807, 2.05) is 31.4 Å². The van der Waals surface area contributed by atoms with Crippen LogP contribution in [0.2, 0.25) is 0 Å². The molecule has 1 saturated carbocycles. The van der Waals surface area contributed by atoms with Gasteiger partial charge in [-0.3, -0.25) is 4.68 Å². The van der Waals surface area contributed by atoms with Crippen molar-refractivity contribution in [2.75, 3.05) is 6.54 Å². The molecule has 1 aliphatic carbocycles. The maximum atomic E-state index is 10.5. The molecule has 0 unspecified atom stereocenters. The molecule has 1 fully saturated rings. The van der Waals surface area contributed by atoms with Crippen molar-refractivity contribution in [3.63, 3.8) is 0 Å². The van der Waals surface area contributed by atoms with Gasteiger partial charge in [-0.15, -0.1) is 0 Å². The van der Waals surface area contributed by atoms with Crippen molar-refractivity contribution in [1.29, 1.82) is 0 Å². The zero-order valence-corrected chi connectivity index (χ0v) is 16.1. The number of aryl methyl sites for hydroxylation is 1. The number of phenols is 1. The molecule has 4 aromatic rings. The molecule has 0 radical (unpaired) electrons. The number of pyridine rings is 1. The summed E-state index contributed by atoms with van der Waals surface area (Å²) in [7, 11) is 1.86. The van der Waals surface area contributed by atoms with Crippen molar-refractivity contribution in [3.05, 3.63) is 48.6 Å². The maximum absolute atomic E-state index is 10.5. The number of hydrogen-bond acceptors (Lipinski definition) is 6. The molecule has 0 atom stereocenters. The Morgan fingerprint density at radius 1 is 1.10 bits per heavy atom. The highest BCUT2D eigenvalue weighted by molar-refractivity contribution is 5.88. The quantitative estimate of drug-likeness (QED) is 0.552. The lowest BCUT2D eigenvalue weighted by Crippen LogP contribution is -2.35. The molecule has 4 heterocycles. The third kappa shape index (κ3) is 2.77. The minimum atomic E-state index is 0.162. The van der Waals surface area contributed by atoms with Gasteiger partial charge in [0.15, 0.2) is 5.82 Å². The van der Waals surface area contributed by atoms with Crippen LogP contribution in [0.1, 0.15) is 25.1 Å². The molecule has 2 aliphatic rings. The van der Waals surface area contributed by atoms with E-state index >= 15 is 0 Å². The summed E-state index contributed by atoms with van der Waals surface area (Å²) in [5.74, 6) is 0.953. The van der Waals surface area contributed by atoms with Crippen molar-refractivity contribution in [1.82, 2.24) is 30.0 Å². The highest BCUT2D eigenvalue weighted by Crippen LogP contribution is 2.44. The molecule has 6 rings (SSSR count). The van der Waals surface area contributed by atoms with E-state index in [1.165, 1.54) is 18.4 Å². The Morgan fingerprint density at radius 2 is 2.00 bits per heavy atom. The number of rotatable bonds is 2. The molecule has 1 aliphatic heterocycles. The molecule has 1 spiro atoms. The summed E-state index contributed by atoms with van der Waals surface area (Å²) in [5.41, 5.74) is 5.14. The molecule has 29 heavy (non-hydrogen) atoms. The summed E-state index contributed by atoms with van der Waals surface area (Å²) >= 11 is 0. The van der Waals surface area contributed by atoms with E-state index in [-0.39, 0.29) is 11.3 Å². The van der Waals surface area contributed by atoms with E-state index in [0.717, 1.165) is 35.2 Å². The van der Waals surface area contributed by atoms with Crippen LogP contribution in [0.4, 0.5) is 0 Å². The van der Waals surface area contributed by atoms with Crippen LogP contribution in [-0.2, 0) is 7.05 Å². The lowest BCUT2D eigenvalue weighted by molar-refractivity contribution is 0.478. The first-order valence-corrected chi connectivity index (χ1v) is 9.84. The molecule has 3 aromatic heterocycles. The molecule has 1 aromatic carbocycles. The predicted molar refractivity (Wildman–Crippen MR) is 111 cm³/mol. The molecule has 0 amide bonds. The lowest BCUT2D eigenvalue weighted by atomic mass is 9.99. The fourth-order valence-electron chi connectivity index (χ4n) is 4.18. The number of aromatic nitrogens is 5. The van der Waals surface area contributed by atoms with Gasteiger partial charge in [0.25, 0.3) is 0 Å². The van der Waals surface area contributed by atoms with Gasteiger partial charge in [-0.2, -0.15) is 5.10 Å². The maximum Gasteiger partial charge on any atom is 0.155 e. The second-order valence-electron chi connectivity index (χ2n) is 8.09. The fourth-order valence-corrected chi connectivity index (χ4v) is 4.18. The van der Waals surface area contributed by atoms with Crippen molar-refractivity contribution in [2.45, 2.75) is 24.8 Å². The smallest absolute Gasteiger partial charge is 0.155 e. The van der Waals surface area contributed by atoms with Gasteiger partial charge >= 0.3 is 0 Å². The number of fused-ring (bicyclic) bond motifs is 2. The third-order valence-electron chi connectivity index (χ3n) is 5.95. The number of benzene rings is 1. The van der Waals surface area contributed by atoms with E-state index in [4.69, 9.17) is 9.97 Å². The Hall–Kier alpha value is -3.32. The monoisotopic (exact) mass is 384 g/mol. The Morgan fingerprint density at radius 3 is 2.86 bits per heavy atom. The van der Waals surface area contributed by atoms with Crippen LogP contribution in [0.25, 0.3) is 38.8 Å². The van der Waals surface area contributed by atoms with Gasteiger partial charge in [-0.25, -0.2) is 15.0 Å². The molecule has 0 saturated heterocycles. The normalized spacial score (nSPS) is 17.8. The SMILES string of the molecule is Cn1cc2cc(-c3ccc4nc(C5=CCNC6(CC6)C5)ncc4n3)c(O)cc2n1. The summed E-state index contributed by atoms with van der Waals surface area (Å²) in [4.78, 5) is 14.0. The van der Waals surface area contributed by atoms with Crippen LogP contribution in [0.5, 0.6) is 5.75 Å². The van der Waals surface area contributed by atoms with Gasteiger partial charge < -0.3 is 10.4 Å². The molecule has 7 heteroatoms. The highest BCUT2D eigenvalue weighted by Gasteiger charge is 2.44. The average Bonchev–Trinajstić information content (AvgIpc) is 3.36. The van der Waals surface area contributed by atoms with Gasteiger partial charge in [0.05, 0.1) is 22.9 Å². The summed E-state index contributed by atoms with van der Waals surface area (Å²) in [6.07, 6.45) is 9.34. The fraction of sp³-hybridized carbons (Fsp3) is 0.273. The standard InChI is InChI=1S/C22H20N6O/c1-28-12-14-8-15(20(29)9-18(14)27-28)16-2-3-17-19(25-16)11-23-21(26-17)13-4-7-24-22(10-13)5-6-22/h2-4,8-9,11-12,24,29H,5-7,10H2,1H3. The Kier molecular flexibility index (Phi) is 3.35. The lowest BCUT2D eigenvalue weighted by Gasteiger charge is -2.23. The molecule has 144 valence electrons. The van der Waals surface area contributed by atoms with Gasteiger partial charge in [0, 0.05) is 42.3 Å². The molecular formula is C22H20N6O. The van der Waals surface area contributed by atoms with Crippen LogP contribution in [0.3, 0.4) is 0 Å². The molecular weight excluding hydrogens is 364 g/mol. The van der Waals surface area contributed by atoms with Crippen LogP contribution in [-0.4, -0.2) is 41.9 Å². The van der Waals surface area contributed by atoms with Crippen LogP contribution < -0.4 is 5.32 Å². The summed E-state index contributed by atoms with van der Waals surface area (Å²) < 4.78 is 1.73. The topological polar surface area (TPSA) is 88.8 Å². The third-order valence-corrected chi connectivity index (χ3v) is 5.95. The van der Waals surface area contributed by atoms with Crippen molar-refractivity contribution in [3.8, 4) is 17.0 Å². The minimum Gasteiger partial charge on any atom is -0.507 e. The summed E-state index contributed by atoms with van der Waals surface area (Å²) in [6.45, 7) is 0.879. The number of nitrogens with one attached hydrogen (secondary N) is 1. The van der Waals surface area contributed by atoms with E-state index in [0.29, 0.717) is 16.8 Å². The molecule has 0 bridgehead atoms. The van der Waals surface area contributed by atoms with E-state index in [9.17, 15) is 5.11 Å². The van der Waals surface area contributed by atoms with Crippen LogP contribution in [0, 0.1) is 0 Å². The van der Waals surface area contributed by atoms with Gasteiger partial charge in [0.2, 0.25) is 0 Å². The van der Waals surface area contributed by atoms with Crippen molar-refractivity contribution >= 4 is 27.5 Å². The molecule has 2 N–H and O–H groups in total. The Balaban J connectivity index is 1.39. The zero-order chi connectivity index (χ0) is 19.6. The minimum absolute atomic E-state index is 0.162. The first-order valence-electron chi connectivity index (χ1n) is 9.84. The van der Waals surface area contributed by atoms with Gasteiger partial charge in [-0.1, -0.05) is 6.08 Å². The predicted octanol–water partition coefficient (Wildman–Crippen LogP) is 3.19. The second kappa shape index (κ2) is 5.84. The van der Waals surface area contributed by atoms with E-state index < -0.39 is 0 Å². The second-order valence-corrected chi connectivity index (χ2v) is 8.09. The number of hydrogen-bond donors (Lipinski definition) is 2. The van der Waals surface area contributed by atoms with Crippen molar-refractivity contribution in [2.24, 2.45) is 7.05 Å². The Bertz CT molecular complexity index is 1320. The zero-order valence-electron chi connectivity index (χ0n) is 16.1. The largest absolute Gasteiger partial charge is 0.507 e. The number of aromatic hydroxyl groups is 1. The van der Waals surface area contributed by atoms with E-state index in [2.05, 4.69) is 21.5 Å². The Labute approximate surface area is 167 Å². The number of phenolic OH excluding ortho intramolecular Hbond substituents is 1.